The molecular formula is C8H12F2O4. The van der Waals surface area contributed by atoms with Gasteiger partial charge in [0.25, 0.3) is 0 Å². The Labute approximate surface area is 79.5 Å². The molecule has 4 nitrogen and oxygen atoms in total. The second-order valence-corrected chi connectivity index (χ2v) is 2.96. The van der Waals surface area contributed by atoms with Crippen LogP contribution in [0.25, 0.3) is 0 Å². The van der Waals surface area contributed by atoms with Gasteiger partial charge in [-0.05, 0) is 12.8 Å². The summed E-state index contributed by atoms with van der Waals surface area (Å²) in [5, 5.41) is 16.3. The van der Waals surface area contributed by atoms with E-state index in [-0.39, 0.29) is 12.8 Å². The lowest BCUT2D eigenvalue weighted by Crippen LogP contribution is -2.27. The first kappa shape index (κ1) is 12.8. The number of alkyl halides is 2. The van der Waals surface area contributed by atoms with Crippen LogP contribution in [0.5, 0.6) is 0 Å². The van der Waals surface area contributed by atoms with E-state index in [1.807, 2.05) is 0 Å². The fraction of sp³-hybridized carbons (Fsp3) is 0.750. The van der Waals surface area contributed by atoms with Crippen molar-refractivity contribution in [1.82, 2.24) is 0 Å². The van der Waals surface area contributed by atoms with Gasteiger partial charge in [0.2, 0.25) is 0 Å². The lowest BCUT2D eigenvalue weighted by Gasteiger charge is -2.09. The monoisotopic (exact) mass is 210 g/mol. The minimum Gasteiger partial charge on any atom is -0.481 e. The van der Waals surface area contributed by atoms with Gasteiger partial charge in [0.15, 0.2) is 0 Å². The summed E-state index contributed by atoms with van der Waals surface area (Å²) in [5.74, 6) is -6.80. The molecule has 0 rings (SSSR count). The molecule has 0 spiro atoms. The van der Waals surface area contributed by atoms with Crippen LogP contribution in [-0.4, -0.2) is 28.1 Å². The lowest BCUT2D eigenvalue weighted by molar-refractivity contribution is -0.165. The fourth-order valence-electron chi connectivity index (χ4n) is 0.907. The number of hydrogen-bond acceptors (Lipinski definition) is 2. The summed E-state index contributed by atoms with van der Waals surface area (Å²) in [6, 6.07) is 0. The highest BCUT2D eigenvalue weighted by Crippen LogP contribution is 2.22. The smallest absolute Gasteiger partial charge is 0.374 e. The molecule has 0 radical (unpaired) electrons. The third kappa shape index (κ3) is 5.45. The molecule has 0 fully saturated rings. The Morgan fingerprint density at radius 3 is 2.07 bits per heavy atom. The summed E-state index contributed by atoms with van der Waals surface area (Å²) in [5.41, 5.74) is 0. The summed E-state index contributed by atoms with van der Waals surface area (Å²) in [6.07, 6.45) is -0.187. The standard InChI is InChI=1S/C8H12F2O4/c9-8(10,7(13)14)5-3-1-2-4-6(11)12/h1-5H2,(H,11,12)(H,13,14). The average Bonchev–Trinajstić information content (AvgIpc) is 2.02. The van der Waals surface area contributed by atoms with E-state index < -0.39 is 24.3 Å². The molecule has 82 valence electrons. The molecule has 6 heteroatoms. The first-order chi connectivity index (χ1) is 6.36. The summed E-state index contributed by atoms with van der Waals surface area (Å²) in [4.78, 5) is 20.0. The molecule has 0 heterocycles. The third-order valence-electron chi connectivity index (χ3n) is 1.69. The van der Waals surface area contributed by atoms with Crippen molar-refractivity contribution in [3.8, 4) is 0 Å². The van der Waals surface area contributed by atoms with Gasteiger partial charge in [-0.2, -0.15) is 8.78 Å². The van der Waals surface area contributed by atoms with E-state index in [0.717, 1.165) is 0 Å². The topological polar surface area (TPSA) is 74.6 Å². The maximum atomic E-state index is 12.4. The number of unbranched alkanes of at least 4 members (excludes halogenated alkanes) is 2. The van der Waals surface area contributed by atoms with Gasteiger partial charge in [-0.25, -0.2) is 4.79 Å². The number of halogens is 2. The summed E-state index contributed by atoms with van der Waals surface area (Å²) in [6.45, 7) is 0. The van der Waals surface area contributed by atoms with E-state index in [4.69, 9.17) is 10.2 Å². The Hall–Kier alpha value is -1.20. The Balaban J connectivity index is 3.54. The molecule has 0 bridgehead atoms. The number of aliphatic carboxylic acids is 2. The van der Waals surface area contributed by atoms with E-state index in [9.17, 15) is 18.4 Å². The van der Waals surface area contributed by atoms with Crippen molar-refractivity contribution < 1.29 is 28.6 Å². The van der Waals surface area contributed by atoms with Gasteiger partial charge >= 0.3 is 17.9 Å². The van der Waals surface area contributed by atoms with Crippen LogP contribution < -0.4 is 0 Å². The van der Waals surface area contributed by atoms with Crippen LogP contribution in [-0.2, 0) is 9.59 Å². The highest BCUT2D eigenvalue weighted by molar-refractivity contribution is 5.75. The van der Waals surface area contributed by atoms with E-state index >= 15 is 0 Å². The van der Waals surface area contributed by atoms with Crippen LogP contribution >= 0.6 is 0 Å². The molecule has 2 N–H and O–H groups in total. The van der Waals surface area contributed by atoms with Crippen LogP contribution in [0.1, 0.15) is 32.1 Å². The van der Waals surface area contributed by atoms with Crippen LogP contribution in [0.3, 0.4) is 0 Å². The van der Waals surface area contributed by atoms with E-state index in [1.165, 1.54) is 0 Å². The molecule has 0 aliphatic heterocycles. The number of carboxylic acids is 2. The highest BCUT2D eigenvalue weighted by Gasteiger charge is 2.37. The van der Waals surface area contributed by atoms with E-state index in [1.54, 1.807) is 0 Å². The van der Waals surface area contributed by atoms with E-state index in [0.29, 0.717) is 12.8 Å². The van der Waals surface area contributed by atoms with Crippen molar-refractivity contribution >= 4 is 11.9 Å². The zero-order valence-corrected chi connectivity index (χ0v) is 7.50. The van der Waals surface area contributed by atoms with Gasteiger partial charge in [0, 0.05) is 12.8 Å². The predicted octanol–water partition coefficient (Wildman–Crippen LogP) is 1.74. The Kier molecular flexibility index (Phi) is 5.04. The van der Waals surface area contributed by atoms with Crippen molar-refractivity contribution in [1.29, 1.82) is 0 Å². The molecule has 0 aliphatic carbocycles. The Morgan fingerprint density at radius 1 is 1.07 bits per heavy atom. The summed E-state index contributed by atoms with van der Waals surface area (Å²) < 4.78 is 24.8. The number of carbonyl (C=O) groups is 2. The van der Waals surface area contributed by atoms with Crippen LogP contribution in [0.15, 0.2) is 0 Å². The molecular weight excluding hydrogens is 198 g/mol. The third-order valence-corrected chi connectivity index (χ3v) is 1.69. The van der Waals surface area contributed by atoms with Gasteiger partial charge in [0.1, 0.15) is 0 Å². The fourth-order valence-corrected chi connectivity index (χ4v) is 0.907. The van der Waals surface area contributed by atoms with Gasteiger partial charge in [-0.15, -0.1) is 0 Å². The molecule has 0 amide bonds. The molecule has 14 heavy (non-hydrogen) atoms. The predicted molar refractivity (Wildman–Crippen MR) is 43.3 cm³/mol. The van der Waals surface area contributed by atoms with Crippen LogP contribution in [0.4, 0.5) is 8.78 Å². The molecule has 0 saturated heterocycles. The molecule has 0 aliphatic rings. The SMILES string of the molecule is O=C(O)CCCCCC(F)(F)C(=O)O. The Morgan fingerprint density at radius 2 is 1.64 bits per heavy atom. The Bertz CT molecular complexity index is 215. The van der Waals surface area contributed by atoms with Crippen molar-refractivity contribution in [2.24, 2.45) is 0 Å². The molecule has 0 atom stereocenters. The maximum absolute atomic E-state index is 12.4. The molecule has 0 aromatic heterocycles. The van der Waals surface area contributed by atoms with Crippen LogP contribution in [0, 0.1) is 0 Å². The van der Waals surface area contributed by atoms with Gasteiger partial charge in [-0.1, -0.05) is 6.42 Å². The molecule has 0 aromatic rings. The minimum absolute atomic E-state index is 0.0204. The minimum atomic E-state index is -3.69. The van der Waals surface area contributed by atoms with Crippen molar-refractivity contribution in [2.45, 2.75) is 38.0 Å². The number of rotatable bonds is 7. The summed E-state index contributed by atoms with van der Waals surface area (Å²) in [7, 11) is 0. The zero-order valence-electron chi connectivity index (χ0n) is 7.50. The molecule has 0 unspecified atom stereocenters. The van der Waals surface area contributed by atoms with E-state index in [2.05, 4.69) is 0 Å². The molecule has 0 saturated carbocycles. The van der Waals surface area contributed by atoms with Crippen molar-refractivity contribution in [3.63, 3.8) is 0 Å². The first-order valence-electron chi connectivity index (χ1n) is 4.19. The average molecular weight is 210 g/mol. The van der Waals surface area contributed by atoms with Crippen LogP contribution in [0.2, 0.25) is 0 Å². The van der Waals surface area contributed by atoms with Crippen molar-refractivity contribution in [3.05, 3.63) is 0 Å². The van der Waals surface area contributed by atoms with Gasteiger partial charge in [-0.3, -0.25) is 4.79 Å². The summed E-state index contributed by atoms with van der Waals surface area (Å²) >= 11 is 0. The number of carboxylic acid groups (broad SMARTS) is 2. The second kappa shape index (κ2) is 5.51. The largest absolute Gasteiger partial charge is 0.481 e. The van der Waals surface area contributed by atoms with Crippen molar-refractivity contribution in [2.75, 3.05) is 0 Å². The molecule has 0 aromatic carbocycles. The van der Waals surface area contributed by atoms with Gasteiger partial charge in [0.05, 0.1) is 0 Å². The highest BCUT2D eigenvalue weighted by atomic mass is 19.3. The zero-order chi connectivity index (χ0) is 11.2. The number of hydrogen-bond donors (Lipinski definition) is 2. The lowest BCUT2D eigenvalue weighted by atomic mass is 10.1. The second-order valence-electron chi connectivity index (χ2n) is 2.96. The maximum Gasteiger partial charge on any atom is 0.374 e. The quantitative estimate of drug-likeness (QED) is 0.627. The first-order valence-corrected chi connectivity index (χ1v) is 4.19. The van der Waals surface area contributed by atoms with Gasteiger partial charge < -0.3 is 10.2 Å². The normalized spacial score (nSPS) is 11.3.